The molecule has 2 N–H and O–H groups in total. The molecule has 1 aromatic heterocycles. The predicted octanol–water partition coefficient (Wildman–Crippen LogP) is 6.58. The van der Waals surface area contributed by atoms with Gasteiger partial charge in [0.1, 0.15) is 10.8 Å². The van der Waals surface area contributed by atoms with Gasteiger partial charge in [0.05, 0.1) is 16.1 Å². The molecule has 0 spiro atoms. The summed E-state index contributed by atoms with van der Waals surface area (Å²) in [5, 5.41) is 6.55. The molecule has 4 rings (SSSR count). The fourth-order valence-corrected chi connectivity index (χ4v) is 5.16. The molecule has 0 fully saturated rings. The lowest BCUT2D eigenvalue weighted by Crippen LogP contribution is -2.19. The van der Waals surface area contributed by atoms with Crippen molar-refractivity contribution in [3.05, 3.63) is 79.9 Å². The van der Waals surface area contributed by atoms with E-state index in [9.17, 15) is 14.0 Å². The molecular weight excluding hydrogens is 446 g/mol. The van der Waals surface area contributed by atoms with Gasteiger partial charge in [0.25, 0.3) is 11.8 Å². The number of carbonyl (C=O) groups excluding carboxylic acids is 2. The maximum atomic E-state index is 14.2. The molecule has 0 saturated heterocycles. The Morgan fingerprint density at radius 3 is 2.33 bits per heavy atom. The Balaban J connectivity index is 1.68. The molecule has 0 radical (unpaired) electrons. The highest BCUT2D eigenvalue weighted by atomic mass is 35.5. The number of nitrogens with one attached hydrogen (secondary N) is 2. The van der Waals surface area contributed by atoms with Crippen LogP contribution in [0.5, 0.6) is 0 Å². The van der Waals surface area contributed by atoms with Gasteiger partial charge in [0.2, 0.25) is 0 Å². The second-order valence-electron chi connectivity index (χ2n) is 6.93. The fraction of sp³-hybridized carbons (Fsp3) is 0.182. The Labute approximate surface area is 187 Å². The van der Waals surface area contributed by atoms with Crippen LogP contribution in [0.15, 0.2) is 42.5 Å². The molecule has 1 heterocycles. The topological polar surface area (TPSA) is 58.2 Å². The number of thiophene rings is 1. The highest BCUT2D eigenvalue weighted by molar-refractivity contribution is 7.17. The highest BCUT2D eigenvalue weighted by Crippen LogP contribution is 2.39. The molecular formula is C22H17Cl2FN2O2S. The van der Waals surface area contributed by atoms with E-state index in [-0.39, 0.29) is 16.5 Å². The van der Waals surface area contributed by atoms with Gasteiger partial charge in [0, 0.05) is 15.6 Å². The monoisotopic (exact) mass is 462 g/mol. The summed E-state index contributed by atoms with van der Waals surface area (Å²) in [6.07, 6.45) is 3.60. The normalized spacial score (nSPS) is 12.9. The second kappa shape index (κ2) is 8.76. The summed E-state index contributed by atoms with van der Waals surface area (Å²) in [5.74, 6) is -1.72. The average Bonchev–Trinajstić information content (AvgIpc) is 3.07. The minimum Gasteiger partial charge on any atom is -0.322 e. The van der Waals surface area contributed by atoms with E-state index in [1.807, 2.05) is 0 Å². The van der Waals surface area contributed by atoms with Crippen molar-refractivity contribution in [2.45, 2.75) is 25.7 Å². The number of anilines is 2. The maximum Gasteiger partial charge on any atom is 0.260 e. The van der Waals surface area contributed by atoms with Crippen LogP contribution in [-0.4, -0.2) is 11.8 Å². The number of rotatable bonds is 4. The third-order valence-corrected chi connectivity index (χ3v) is 6.69. The number of fused-ring (bicyclic) bond motifs is 1. The molecule has 0 aliphatic heterocycles. The third kappa shape index (κ3) is 4.21. The Hall–Kier alpha value is -2.41. The van der Waals surface area contributed by atoms with Gasteiger partial charge in [-0.25, -0.2) is 4.39 Å². The number of carbonyl (C=O) groups is 2. The molecule has 4 nitrogen and oxygen atoms in total. The van der Waals surface area contributed by atoms with Crippen molar-refractivity contribution >= 4 is 57.0 Å². The standard InChI is InChI=1S/C22H17Cl2FN2O2S/c23-12-8-10-13(11-9-12)26-20(28)18-14-4-1-2-7-17(14)30-22(18)27-21(29)19-15(24)5-3-6-16(19)25/h3,5-6,8-11H,1-2,4,7H2,(H,26,28)(H,27,29). The molecule has 0 atom stereocenters. The summed E-state index contributed by atoms with van der Waals surface area (Å²) in [6, 6.07) is 10.8. The average molecular weight is 463 g/mol. The van der Waals surface area contributed by atoms with E-state index >= 15 is 0 Å². The molecule has 30 heavy (non-hydrogen) atoms. The van der Waals surface area contributed by atoms with Crippen molar-refractivity contribution in [3.8, 4) is 0 Å². The summed E-state index contributed by atoms with van der Waals surface area (Å²) in [5.41, 5.74) is 1.71. The van der Waals surface area contributed by atoms with Crippen LogP contribution < -0.4 is 10.6 Å². The first-order valence-corrected chi connectivity index (χ1v) is 11.0. The SMILES string of the molecule is O=C(Nc1sc2c(c1C(=O)Nc1ccc(Cl)cc1)CCCC2)c1c(F)cccc1Cl. The first-order chi connectivity index (χ1) is 14.4. The van der Waals surface area contributed by atoms with Gasteiger partial charge < -0.3 is 10.6 Å². The minimum atomic E-state index is -0.714. The molecule has 2 amide bonds. The summed E-state index contributed by atoms with van der Waals surface area (Å²) in [6.45, 7) is 0. The quantitative estimate of drug-likeness (QED) is 0.459. The Morgan fingerprint density at radius 1 is 0.900 bits per heavy atom. The fourth-order valence-electron chi connectivity index (χ4n) is 3.50. The zero-order valence-electron chi connectivity index (χ0n) is 15.7. The first-order valence-electron chi connectivity index (χ1n) is 9.41. The van der Waals surface area contributed by atoms with E-state index in [4.69, 9.17) is 23.2 Å². The van der Waals surface area contributed by atoms with E-state index in [0.717, 1.165) is 36.1 Å². The third-order valence-electron chi connectivity index (χ3n) is 4.92. The maximum absolute atomic E-state index is 14.2. The second-order valence-corrected chi connectivity index (χ2v) is 8.88. The zero-order valence-corrected chi connectivity index (χ0v) is 18.1. The molecule has 2 aromatic carbocycles. The Morgan fingerprint density at radius 2 is 1.60 bits per heavy atom. The van der Waals surface area contributed by atoms with Crippen molar-refractivity contribution in [1.29, 1.82) is 0 Å². The van der Waals surface area contributed by atoms with Crippen molar-refractivity contribution < 1.29 is 14.0 Å². The molecule has 154 valence electrons. The van der Waals surface area contributed by atoms with Crippen LogP contribution >= 0.6 is 34.5 Å². The number of aryl methyl sites for hydroxylation is 1. The predicted molar refractivity (Wildman–Crippen MR) is 120 cm³/mol. The lowest BCUT2D eigenvalue weighted by atomic mass is 9.95. The lowest BCUT2D eigenvalue weighted by Gasteiger charge is -2.13. The van der Waals surface area contributed by atoms with Crippen LogP contribution in [0.2, 0.25) is 10.0 Å². The van der Waals surface area contributed by atoms with E-state index in [1.54, 1.807) is 24.3 Å². The van der Waals surface area contributed by atoms with Crippen LogP contribution in [0, 0.1) is 5.82 Å². The number of hydrogen-bond donors (Lipinski definition) is 2. The first kappa shape index (κ1) is 20.8. The highest BCUT2D eigenvalue weighted by Gasteiger charge is 2.27. The molecule has 0 saturated carbocycles. The largest absolute Gasteiger partial charge is 0.322 e. The van der Waals surface area contributed by atoms with Gasteiger partial charge in [-0.15, -0.1) is 11.3 Å². The lowest BCUT2D eigenvalue weighted by molar-refractivity contribution is 0.102. The molecule has 1 aliphatic rings. The van der Waals surface area contributed by atoms with Gasteiger partial charge in [-0.05, 0) is 67.6 Å². The van der Waals surface area contributed by atoms with Crippen LogP contribution in [0.4, 0.5) is 15.1 Å². The van der Waals surface area contributed by atoms with E-state index in [0.29, 0.717) is 21.3 Å². The van der Waals surface area contributed by atoms with E-state index in [2.05, 4.69) is 10.6 Å². The number of halogens is 3. The van der Waals surface area contributed by atoms with Crippen LogP contribution in [0.25, 0.3) is 0 Å². The van der Waals surface area contributed by atoms with Crippen molar-refractivity contribution in [1.82, 2.24) is 0 Å². The summed E-state index contributed by atoms with van der Waals surface area (Å²) < 4.78 is 14.2. The van der Waals surface area contributed by atoms with Crippen molar-refractivity contribution in [2.24, 2.45) is 0 Å². The Kier molecular flexibility index (Phi) is 6.09. The molecule has 0 bridgehead atoms. The molecule has 8 heteroatoms. The number of benzene rings is 2. The van der Waals surface area contributed by atoms with Gasteiger partial charge in [-0.2, -0.15) is 0 Å². The van der Waals surface area contributed by atoms with Gasteiger partial charge >= 0.3 is 0 Å². The summed E-state index contributed by atoms with van der Waals surface area (Å²) in [4.78, 5) is 26.9. The Bertz CT molecular complexity index is 1110. The van der Waals surface area contributed by atoms with Crippen LogP contribution in [-0.2, 0) is 12.8 Å². The molecule has 0 unspecified atom stereocenters. The minimum absolute atomic E-state index is 0.0148. The van der Waals surface area contributed by atoms with Gasteiger partial charge in [-0.3, -0.25) is 9.59 Å². The zero-order chi connectivity index (χ0) is 21.3. The smallest absolute Gasteiger partial charge is 0.260 e. The number of hydrogen-bond acceptors (Lipinski definition) is 3. The van der Waals surface area contributed by atoms with Gasteiger partial charge in [-0.1, -0.05) is 29.3 Å². The van der Waals surface area contributed by atoms with Crippen molar-refractivity contribution in [2.75, 3.05) is 10.6 Å². The van der Waals surface area contributed by atoms with Gasteiger partial charge in [0.15, 0.2) is 0 Å². The van der Waals surface area contributed by atoms with Crippen molar-refractivity contribution in [3.63, 3.8) is 0 Å². The van der Waals surface area contributed by atoms with E-state index < -0.39 is 11.7 Å². The van der Waals surface area contributed by atoms with Crippen LogP contribution in [0.1, 0.15) is 44.0 Å². The van der Waals surface area contributed by atoms with E-state index in [1.165, 1.54) is 29.5 Å². The molecule has 3 aromatic rings. The summed E-state index contributed by atoms with van der Waals surface area (Å²) >= 11 is 13.3. The molecule has 1 aliphatic carbocycles. The van der Waals surface area contributed by atoms with Crippen LogP contribution in [0.3, 0.4) is 0 Å². The summed E-state index contributed by atoms with van der Waals surface area (Å²) in [7, 11) is 0. The number of amides is 2.